The Kier molecular flexibility index (Phi) is 4.98. The molecule has 0 atom stereocenters. The number of hydrogen-bond donors (Lipinski definition) is 1. The second-order valence-corrected chi connectivity index (χ2v) is 3.85. The Morgan fingerprint density at radius 2 is 2.00 bits per heavy atom. The van der Waals surface area contributed by atoms with Gasteiger partial charge in [-0.2, -0.15) is 10.5 Å². The van der Waals surface area contributed by atoms with Crippen LogP contribution < -0.4 is 5.32 Å². The lowest BCUT2D eigenvalue weighted by atomic mass is 10.1. The van der Waals surface area contributed by atoms with Crippen LogP contribution in [0.25, 0.3) is 0 Å². The number of nitrogens with zero attached hydrogens (tertiary/aromatic N) is 3. The molecule has 1 amide bonds. The molecule has 1 N–H and O–H groups in total. The van der Waals surface area contributed by atoms with E-state index in [0.717, 1.165) is 4.90 Å². The summed E-state index contributed by atoms with van der Waals surface area (Å²) in [7, 11) is 1.68. The summed E-state index contributed by atoms with van der Waals surface area (Å²) >= 11 is 5.85. The van der Waals surface area contributed by atoms with E-state index in [-0.39, 0.29) is 13.1 Å². The number of hydrogen-bond acceptors (Lipinski definition) is 4. The lowest BCUT2D eigenvalue weighted by Gasteiger charge is -2.18. The number of carbonyl (C=O) groups is 1. The van der Waals surface area contributed by atoms with Crippen molar-refractivity contribution < 1.29 is 4.79 Å². The highest BCUT2D eigenvalue weighted by Gasteiger charge is 2.18. The molecule has 5 nitrogen and oxygen atoms in total. The molecule has 0 spiro atoms. The van der Waals surface area contributed by atoms with Gasteiger partial charge in [0.1, 0.15) is 13.1 Å². The van der Waals surface area contributed by atoms with Crippen LogP contribution in [0.5, 0.6) is 0 Å². The van der Waals surface area contributed by atoms with Gasteiger partial charge in [0.15, 0.2) is 0 Å². The Labute approximate surface area is 110 Å². The van der Waals surface area contributed by atoms with Crippen molar-refractivity contribution in [2.45, 2.75) is 0 Å². The molecule has 0 aromatic heterocycles. The number of anilines is 1. The van der Waals surface area contributed by atoms with E-state index in [2.05, 4.69) is 5.32 Å². The molecule has 0 saturated carbocycles. The summed E-state index contributed by atoms with van der Waals surface area (Å²) in [5.74, 6) is -0.398. The predicted molar refractivity (Wildman–Crippen MR) is 68.1 cm³/mol. The third-order valence-electron chi connectivity index (χ3n) is 2.29. The van der Waals surface area contributed by atoms with Crippen LogP contribution in [-0.2, 0) is 0 Å². The van der Waals surface area contributed by atoms with Gasteiger partial charge < -0.3 is 10.2 Å². The van der Waals surface area contributed by atoms with E-state index in [1.807, 2.05) is 12.1 Å². The fraction of sp³-hybridized carbons (Fsp3) is 0.250. The lowest BCUT2D eigenvalue weighted by molar-refractivity contribution is 0.0795. The number of carbonyl (C=O) groups excluding carboxylic acids is 1. The second kappa shape index (κ2) is 6.48. The van der Waals surface area contributed by atoms with Gasteiger partial charge in [0.05, 0.1) is 17.7 Å². The first kappa shape index (κ1) is 13.8. The molecule has 0 aliphatic carbocycles. The topological polar surface area (TPSA) is 79.9 Å². The number of nitrogens with one attached hydrogen (secondary N) is 1. The zero-order valence-electron chi connectivity index (χ0n) is 9.77. The highest BCUT2D eigenvalue weighted by Crippen LogP contribution is 2.21. The van der Waals surface area contributed by atoms with E-state index in [9.17, 15) is 4.79 Å². The van der Waals surface area contributed by atoms with Gasteiger partial charge >= 0.3 is 0 Å². The Balaban J connectivity index is 3.12. The van der Waals surface area contributed by atoms with Crippen LogP contribution in [0.4, 0.5) is 5.69 Å². The summed E-state index contributed by atoms with van der Waals surface area (Å²) in [5, 5.41) is 20.6. The van der Waals surface area contributed by atoms with Crippen molar-refractivity contribution >= 4 is 23.2 Å². The van der Waals surface area contributed by atoms with E-state index < -0.39 is 5.91 Å². The van der Waals surface area contributed by atoms with Crippen LogP contribution in [-0.4, -0.2) is 30.9 Å². The number of amides is 1. The maximum atomic E-state index is 12.2. The maximum absolute atomic E-state index is 12.2. The molecule has 0 aliphatic rings. The fourth-order valence-electron chi connectivity index (χ4n) is 1.45. The molecule has 92 valence electrons. The molecular formula is C12H11ClN4O. The van der Waals surface area contributed by atoms with Gasteiger partial charge in [-0.3, -0.25) is 4.79 Å². The van der Waals surface area contributed by atoms with E-state index in [1.54, 1.807) is 19.2 Å². The van der Waals surface area contributed by atoms with E-state index in [1.165, 1.54) is 6.07 Å². The summed E-state index contributed by atoms with van der Waals surface area (Å²) in [6.45, 7) is -0.274. The highest BCUT2D eigenvalue weighted by atomic mass is 35.5. The van der Waals surface area contributed by atoms with E-state index in [0.29, 0.717) is 16.3 Å². The molecular weight excluding hydrogens is 252 g/mol. The molecule has 0 saturated heterocycles. The summed E-state index contributed by atoms with van der Waals surface area (Å²) in [6, 6.07) is 8.55. The molecule has 1 rings (SSSR count). The Morgan fingerprint density at radius 3 is 2.50 bits per heavy atom. The van der Waals surface area contributed by atoms with Crippen molar-refractivity contribution in [1.82, 2.24) is 4.90 Å². The van der Waals surface area contributed by atoms with Crippen molar-refractivity contribution in [1.29, 1.82) is 10.5 Å². The average Bonchev–Trinajstić information content (AvgIpc) is 2.37. The smallest absolute Gasteiger partial charge is 0.257 e. The van der Waals surface area contributed by atoms with Crippen LogP contribution in [0.3, 0.4) is 0 Å². The normalized spacial score (nSPS) is 9.11. The molecule has 1 aromatic rings. The zero-order valence-corrected chi connectivity index (χ0v) is 10.5. The monoisotopic (exact) mass is 262 g/mol. The Hall–Kier alpha value is -2.24. The van der Waals surface area contributed by atoms with Gasteiger partial charge in [-0.05, 0) is 18.2 Å². The first-order valence-corrected chi connectivity index (χ1v) is 5.52. The molecule has 18 heavy (non-hydrogen) atoms. The van der Waals surface area contributed by atoms with Crippen molar-refractivity contribution in [3.05, 3.63) is 28.8 Å². The van der Waals surface area contributed by atoms with Crippen LogP contribution >= 0.6 is 11.6 Å². The van der Waals surface area contributed by atoms with Gasteiger partial charge in [-0.1, -0.05) is 11.6 Å². The van der Waals surface area contributed by atoms with Gasteiger partial charge in [0.25, 0.3) is 5.91 Å². The standard InChI is InChI=1S/C12H11ClN4O/c1-16-11-3-2-9(13)8-10(11)12(18)17(6-4-14)7-5-15/h2-3,8,16H,6-7H2,1H3. The lowest BCUT2D eigenvalue weighted by Crippen LogP contribution is -2.32. The number of nitriles is 2. The van der Waals surface area contributed by atoms with Crippen molar-refractivity contribution in [2.75, 3.05) is 25.5 Å². The van der Waals surface area contributed by atoms with Crippen molar-refractivity contribution in [3.63, 3.8) is 0 Å². The molecule has 0 radical (unpaired) electrons. The molecule has 0 bridgehead atoms. The van der Waals surface area contributed by atoms with Crippen LogP contribution in [0.2, 0.25) is 5.02 Å². The molecule has 0 fully saturated rings. The largest absolute Gasteiger partial charge is 0.387 e. The van der Waals surface area contributed by atoms with Gasteiger partial charge in [0, 0.05) is 17.8 Å². The van der Waals surface area contributed by atoms with Crippen LogP contribution in [0.1, 0.15) is 10.4 Å². The molecule has 0 unspecified atom stereocenters. The first-order valence-electron chi connectivity index (χ1n) is 5.14. The van der Waals surface area contributed by atoms with Gasteiger partial charge in [-0.15, -0.1) is 0 Å². The average molecular weight is 263 g/mol. The van der Waals surface area contributed by atoms with E-state index >= 15 is 0 Å². The molecule has 1 aromatic carbocycles. The Bertz CT molecular complexity index is 514. The maximum Gasteiger partial charge on any atom is 0.257 e. The summed E-state index contributed by atoms with van der Waals surface area (Å²) < 4.78 is 0. The predicted octanol–water partition coefficient (Wildman–Crippen LogP) is 1.87. The van der Waals surface area contributed by atoms with E-state index in [4.69, 9.17) is 22.1 Å². The van der Waals surface area contributed by atoms with Crippen molar-refractivity contribution in [2.24, 2.45) is 0 Å². The molecule has 0 aliphatic heterocycles. The Morgan fingerprint density at radius 1 is 1.39 bits per heavy atom. The summed E-state index contributed by atoms with van der Waals surface area (Å²) in [5.41, 5.74) is 0.945. The number of halogens is 1. The third-order valence-corrected chi connectivity index (χ3v) is 2.53. The first-order chi connectivity index (χ1) is 8.63. The third kappa shape index (κ3) is 3.13. The van der Waals surface area contributed by atoms with Crippen LogP contribution in [0.15, 0.2) is 18.2 Å². The minimum absolute atomic E-state index is 0.137. The highest BCUT2D eigenvalue weighted by molar-refractivity contribution is 6.31. The second-order valence-electron chi connectivity index (χ2n) is 3.42. The summed E-state index contributed by atoms with van der Waals surface area (Å²) in [4.78, 5) is 13.3. The zero-order chi connectivity index (χ0) is 13.5. The van der Waals surface area contributed by atoms with Crippen LogP contribution in [0, 0.1) is 22.7 Å². The number of rotatable bonds is 4. The van der Waals surface area contributed by atoms with Gasteiger partial charge in [-0.25, -0.2) is 0 Å². The minimum atomic E-state index is -0.398. The van der Waals surface area contributed by atoms with Gasteiger partial charge in [0.2, 0.25) is 0 Å². The summed E-state index contributed by atoms with van der Waals surface area (Å²) in [6.07, 6.45) is 0. The molecule has 0 heterocycles. The number of benzene rings is 1. The van der Waals surface area contributed by atoms with Crippen molar-refractivity contribution in [3.8, 4) is 12.1 Å². The minimum Gasteiger partial charge on any atom is -0.387 e. The SMILES string of the molecule is CNc1ccc(Cl)cc1C(=O)N(CC#N)CC#N. The molecule has 6 heteroatoms. The quantitative estimate of drug-likeness (QED) is 0.840. The fourth-order valence-corrected chi connectivity index (χ4v) is 1.62.